The van der Waals surface area contributed by atoms with Crippen molar-refractivity contribution in [2.75, 3.05) is 18.0 Å². The van der Waals surface area contributed by atoms with Crippen LogP contribution < -0.4 is 10.5 Å². The van der Waals surface area contributed by atoms with Crippen molar-refractivity contribution in [2.45, 2.75) is 19.4 Å². The molecule has 0 amide bonds. The molecule has 4 heterocycles. The van der Waals surface area contributed by atoms with Gasteiger partial charge in [0.2, 0.25) is 0 Å². The maximum atomic E-state index is 11.8. The molecule has 1 N–H and O–H groups in total. The van der Waals surface area contributed by atoms with Gasteiger partial charge < -0.3 is 9.88 Å². The van der Waals surface area contributed by atoms with Crippen molar-refractivity contribution < 1.29 is 0 Å². The number of hydrogen-bond donors (Lipinski definition) is 1. The Kier molecular flexibility index (Phi) is 3.49. The summed E-state index contributed by atoms with van der Waals surface area (Å²) in [6.45, 7) is 2.54. The summed E-state index contributed by atoms with van der Waals surface area (Å²) in [6.07, 6.45) is 8.38. The Balaban J connectivity index is 1.46. The van der Waals surface area contributed by atoms with Gasteiger partial charge in [0.25, 0.3) is 5.56 Å². The average Bonchev–Trinajstić information content (AvgIpc) is 3.06. The van der Waals surface area contributed by atoms with E-state index < -0.39 is 0 Å². The Morgan fingerprint density at radius 3 is 2.91 bits per heavy atom. The third-order valence-electron chi connectivity index (χ3n) is 4.36. The minimum Gasteiger partial charge on any atom is -0.355 e. The largest absolute Gasteiger partial charge is 0.355 e. The summed E-state index contributed by atoms with van der Waals surface area (Å²) < 4.78 is 1.69. The van der Waals surface area contributed by atoms with Crippen molar-refractivity contribution in [1.82, 2.24) is 29.5 Å². The highest BCUT2D eigenvalue weighted by atomic mass is 16.1. The fraction of sp³-hybridized carbons (Fsp3) is 0.400. The smallest absolute Gasteiger partial charge is 0.253 e. The molecule has 0 aromatic carbocycles. The van der Waals surface area contributed by atoms with Crippen LogP contribution in [-0.4, -0.2) is 42.6 Å². The molecule has 0 saturated carbocycles. The summed E-state index contributed by atoms with van der Waals surface area (Å²) in [5.41, 5.74) is 1.59. The van der Waals surface area contributed by atoms with E-state index in [0.717, 1.165) is 43.8 Å². The summed E-state index contributed by atoms with van der Waals surface area (Å²) in [7, 11) is 0. The van der Waals surface area contributed by atoms with Gasteiger partial charge in [-0.1, -0.05) is 0 Å². The highest BCUT2D eigenvalue weighted by Gasteiger charge is 2.22. The molecule has 1 saturated heterocycles. The van der Waals surface area contributed by atoms with Gasteiger partial charge in [-0.3, -0.25) is 9.36 Å². The van der Waals surface area contributed by atoms with Gasteiger partial charge in [-0.15, -0.1) is 0 Å². The van der Waals surface area contributed by atoms with Crippen molar-refractivity contribution in [1.29, 1.82) is 0 Å². The third kappa shape index (κ3) is 2.67. The Morgan fingerprint density at radius 2 is 2.09 bits per heavy atom. The average molecular weight is 311 g/mol. The number of nitrogens with zero attached hydrogens (tertiary/aromatic N) is 6. The van der Waals surface area contributed by atoms with E-state index in [0.29, 0.717) is 11.6 Å². The molecule has 8 nitrogen and oxygen atoms in total. The van der Waals surface area contributed by atoms with E-state index in [4.69, 9.17) is 0 Å². The lowest BCUT2D eigenvalue weighted by Crippen LogP contribution is -2.36. The van der Waals surface area contributed by atoms with Crippen LogP contribution in [0.3, 0.4) is 0 Å². The molecule has 23 heavy (non-hydrogen) atoms. The SMILES string of the molecule is O=c1ccncn1CC1CCN(c2ncnc3nc[nH]c23)CC1. The van der Waals surface area contributed by atoms with E-state index in [2.05, 4.69) is 29.8 Å². The number of piperidine rings is 1. The molecule has 0 aliphatic carbocycles. The van der Waals surface area contributed by atoms with E-state index in [1.807, 2.05) is 0 Å². The number of nitrogens with one attached hydrogen (secondary N) is 1. The molecule has 0 bridgehead atoms. The van der Waals surface area contributed by atoms with Crippen molar-refractivity contribution in [3.05, 3.63) is 41.6 Å². The molecule has 1 fully saturated rings. The predicted molar refractivity (Wildman–Crippen MR) is 85.1 cm³/mol. The molecular weight excluding hydrogens is 294 g/mol. The summed E-state index contributed by atoms with van der Waals surface area (Å²) in [6, 6.07) is 1.50. The zero-order valence-electron chi connectivity index (χ0n) is 12.6. The Bertz CT molecular complexity index is 863. The number of H-pyrrole nitrogens is 1. The molecule has 4 rings (SSSR count). The van der Waals surface area contributed by atoms with Crippen LogP contribution in [0.5, 0.6) is 0 Å². The third-order valence-corrected chi connectivity index (χ3v) is 4.36. The minimum absolute atomic E-state index is 0.0115. The summed E-state index contributed by atoms with van der Waals surface area (Å²) in [5, 5.41) is 0. The number of anilines is 1. The van der Waals surface area contributed by atoms with Gasteiger partial charge in [-0.2, -0.15) is 0 Å². The molecule has 118 valence electrons. The van der Waals surface area contributed by atoms with Gasteiger partial charge in [-0.05, 0) is 18.8 Å². The number of aromatic amines is 1. The first-order valence-corrected chi connectivity index (χ1v) is 7.71. The molecular formula is C15H17N7O. The van der Waals surface area contributed by atoms with Crippen LogP contribution in [0.25, 0.3) is 11.2 Å². The maximum Gasteiger partial charge on any atom is 0.253 e. The first-order valence-electron chi connectivity index (χ1n) is 7.71. The van der Waals surface area contributed by atoms with Crippen LogP contribution in [0.1, 0.15) is 12.8 Å². The van der Waals surface area contributed by atoms with Crippen LogP contribution in [0.2, 0.25) is 0 Å². The van der Waals surface area contributed by atoms with Crippen LogP contribution in [0.4, 0.5) is 5.82 Å². The second-order valence-corrected chi connectivity index (χ2v) is 5.80. The highest BCUT2D eigenvalue weighted by Crippen LogP contribution is 2.26. The van der Waals surface area contributed by atoms with E-state index in [1.54, 1.807) is 23.5 Å². The van der Waals surface area contributed by atoms with E-state index in [1.165, 1.54) is 12.3 Å². The molecule has 0 radical (unpaired) electrons. The van der Waals surface area contributed by atoms with Crippen molar-refractivity contribution in [2.24, 2.45) is 5.92 Å². The quantitative estimate of drug-likeness (QED) is 0.770. The molecule has 1 aliphatic rings. The van der Waals surface area contributed by atoms with Crippen LogP contribution in [0, 0.1) is 5.92 Å². The second kappa shape index (κ2) is 5.79. The molecule has 3 aromatic heterocycles. The van der Waals surface area contributed by atoms with Gasteiger partial charge in [0.05, 0.1) is 12.7 Å². The van der Waals surface area contributed by atoms with Crippen molar-refractivity contribution in [3.8, 4) is 0 Å². The van der Waals surface area contributed by atoms with E-state index >= 15 is 0 Å². The van der Waals surface area contributed by atoms with Gasteiger partial charge in [0.1, 0.15) is 11.8 Å². The van der Waals surface area contributed by atoms with Gasteiger partial charge >= 0.3 is 0 Å². The number of aromatic nitrogens is 6. The number of imidazole rings is 1. The van der Waals surface area contributed by atoms with E-state index in [9.17, 15) is 4.79 Å². The molecule has 1 aliphatic heterocycles. The lowest BCUT2D eigenvalue weighted by molar-refractivity contribution is 0.350. The molecule has 8 heteroatoms. The monoisotopic (exact) mass is 311 g/mol. The van der Waals surface area contributed by atoms with Gasteiger partial charge in [0, 0.05) is 31.9 Å². The second-order valence-electron chi connectivity index (χ2n) is 5.80. The summed E-state index contributed by atoms with van der Waals surface area (Å²) in [4.78, 5) is 33.9. The van der Waals surface area contributed by atoms with Crippen LogP contribution in [-0.2, 0) is 6.54 Å². The molecule has 0 spiro atoms. The van der Waals surface area contributed by atoms with E-state index in [-0.39, 0.29) is 5.56 Å². The standard InChI is InChI=1S/C15H17N7O/c23-12-1-4-16-10-22(12)7-11-2-5-21(6-3-11)15-13-14(18-8-17-13)19-9-20-15/h1,4,8-11H,2-3,5-7H2,(H,17,18,19,20). The maximum absolute atomic E-state index is 11.8. The Hall–Kier alpha value is -2.77. The highest BCUT2D eigenvalue weighted by molar-refractivity contribution is 5.82. The number of rotatable bonds is 3. The molecule has 3 aromatic rings. The number of fused-ring (bicyclic) bond motifs is 1. The fourth-order valence-electron chi connectivity index (χ4n) is 3.11. The fourth-order valence-corrected chi connectivity index (χ4v) is 3.11. The zero-order valence-corrected chi connectivity index (χ0v) is 12.6. The topological polar surface area (TPSA) is 92.6 Å². The first kappa shape index (κ1) is 13.9. The van der Waals surface area contributed by atoms with Gasteiger partial charge in [0.15, 0.2) is 11.5 Å². The first-order chi connectivity index (χ1) is 11.3. The zero-order chi connectivity index (χ0) is 15.6. The number of hydrogen-bond acceptors (Lipinski definition) is 6. The molecule has 0 atom stereocenters. The Labute approximate surface area is 132 Å². The van der Waals surface area contributed by atoms with Crippen LogP contribution >= 0.6 is 0 Å². The normalized spacial score (nSPS) is 16.1. The predicted octanol–water partition coefficient (Wildman–Crippen LogP) is 0.826. The summed E-state index contributed by atoms with van der Waals surface area (Å²) >= 11 is 0. The van der Waals surface area contributed by atoms with Crippen LogP contribution in [0.15, 0.2) is 36.0 Å². The molecule has 0 unspecified atom stereocenters. The van der Waals surface area contributed by atoms with Gasteiger partial charge in [-0.25, -0.2) is 19.9 Å². The lowest BCUT2D eigenvalue weighted by Gasteiger charge is -2.32. The summed E-state index contributed by atoms with van der Waals surface area (Å²) in [5.74, 6) is 1.39. The minimum atomic E-state index is 0.0115. The lowest BCUT2D eigenvalue weighted by atomic mass is 9.96. The van der Waals surface area contributed by atoms with Crippen molar-refractivity contribution in [3.63, 3.8) is 0 Å². The van der Waals surface area contributed by atoms with Crippen molar-refractivity contribution >= 4 is 17.0 Å². The Morgan fingerprint density at radius 1 is 1.22 bits per heavy atom.